The summed E-state index contributed by atoms with van der Waals surface area (Å²) >= 11 is 6.18. The van der Waals surface area contributed by atoms with Gasteiger partial charge in [-0.1, -0.05) is 78.3 Å². The van der Waals surface area contributed by atoms with Crippen LogP contribution in [0.3, 0.4) is 0 Å². The van der Waals surface area contributed by atoms with Crippen molar-refractivity contribution in [2.45, 2.75) is 20.1 Å². The first-order valence-corrected chi connectivity index (χ1v) is 13.5. The summed E-state index contributed by atoms with van der Waals surface area (Å²) in [5.41, 5.74) is 4.46. The summed E-state index contributed by atoms with van der Waals surface area (Å²) in [5, 5.41) is 15.4. The second-order valence-corrected chi connectivity index (χ2v) is 9.88. The number of nitrogens with one attached hydrogen (secondary N) is 1. The van der Waals surface area contributed by atoms with E-state index in [0.29, 0.717) is 41.0 Å². The number of nitriles is 1. The first kappa shape index (κ1) is 27.5. The Hall–Kier alpha value is -5.05. The molecule has 0 aliphatic rings. The number of rotatable bonds is 9. The Balaban J connectivity index is 1.18. The minimum atomic E-state index is -0.496. The normalized spacial score (nSPS) is 11.1. The number of carbonyl (C=O) groups is 1. The third kappa shape index (κ3) is 6.94. The fourth-order valence-corrected chi connectivity index (χ4v) is 4.57. The molecule has 0 aliphatic heterocycles. The maximum Gasteiger partial charge on any atom is 0.266 e. The highest BCUT2D eigenvalue weighted by Gasteiger charge is 2.11. The van der Waals surface area contributed by atoms with Crippen molar-refractivity contribution in [2.24, 2.45) is 0 Å². The average molecular weight is 559 g/mol. The number of aryl methyl sites for hydroxylation is 1. The standard InChI is InChI=1S/C35H27ClN2O3/c1-24-10-13-26-6-2-4-8-32(26)33(24)23-41-30-16-11-25(12-17-30)20-28(21-37)35(39)38-29-14-18-31(19-15-29)40-22-27-7-3-5-9-34(27)36/h2-20H,22-23H2,1H3,(H,38,39)/b28-20+. The van der Waals surface area contributed by atoms with Crippen LogP contribution in [-0.4, -0.2) is 5.91 Å². The van der Waals surface area contributed by atoms with Crippen LogP contribution >= 0.6 is 11.6 Å². The Morgan fingerprint density at radius 1 is 0.829 bits per heavy atom. The number of fused-ring (bicyclic) bond motifs is 1. The lowest BCUT2D eigenvalue weighted by Crippen LogP contribution is -2.13. The van der Waals surface area contributed by atoms with E-state index in [1.165, 1.54) is 16.3 Å². The van der Waals surface area contributed by atoms with Gasteiger partial charge in [-0.3, -0.25) is 4.79 Å². The molecule has 0 aliphatic carbocycles. The molecule has 0 aromatic heterocycles. The van der Waals surface area contributed by atoms with E-state index in [9.17, 15) is 10.1 Å². The highest BCUT2D eigenvalue weighted by Crippen LogP contribution is 2.25. The monoisotopic (exact) mass is 558 g/mol. The number of ether oxygens (including phenoxy) is 2. The number of hydrogen-bond donors (Lipinski definition) is 1. The van der Waals surface area contributed by atoms with Crippen LogP contribution in [0.2, 0.25) is 5.02 Å². The van der Waals surface area contributed by atoms with E-state index in [2.05, 4.69) is 36.5 Å². The Morgan fingerprint density at radius 3 is 2.22 bits per heavy atom. The Morgan fingerprint density at radius 2 is 1.49 bits per heavy atom. The number of hydrogen-bond acceptors (Lipinski definition) is 4. The first-order chi connectivity index (χ1) is 20.0. The van der Waals surface area contributed by atoms with Gasteiger partial charge in [0.25, 0.3) is 5.91 Å². The minimum Gasteiger partial charge on any atom is -0.489 e. The van der Waals surface area contributed by atoms with Gasteiger partial charge in [-0.05, 0) is 77.4 Å². The van der Waals surface area contributed by atoms with Crippen molar-refractivity contribution < 1.29 is 14.3 Å². The molecular formula is C35H27ClN2O3. The van der Waals surface area contributed by atoms with Gasteiger partial charge in [0.15, 0.2) is 0 Å². The Labute approximate surface area is 244 Å². The fraction of sp³-hybridized carbons (Fsp3) is 0.0857. The summed E-state index contributed by atoms with van der Waals surface area (Å²) in [6, 6.07) is 36.2. The van der Waals surface area contributed by atoms with Crippen molar-refractivity contribution in [1.82, 2.24) is 0 Å². The van der Waals surface area contributed by atoms with Gasteiger partial charge in [0.1, 0.15) is 36.4 Å². The molecule has 0 heterocycles. The predicted molar refractivity (Wildman–Crippen MR) is 164 cm³/mol. The number of halogens is 1. The molecule has 0 spiro atoms. The molecule has 0 atom stereocenters. The van der Waals surface area contributed by atoms with Crippen LogP contribution in [0.25, 0.3) is 16.8 Å². The van der Waals surface area contributed by atoms with Crippen molar-refractivity contribution in [3.8, 4) is 17.6 Å². The SMILES string of the molecule is Cc1ccc2ccccc2c1COc1ccc(/C=C(\C#N)C(=O)Nc2ccc(OCc3ccccc3Cl)cc2)cc1. The van der Waals surface area contributed by atoms with Crippen molar-refractivity contribution in [2.75, 3.05) is 5.32 Å². The zero-order chi connectivity index (χ0) is 28.6. The van der Waals surface area contributed by atoms with Gasteiger partial charge in [0.2, 0.25) is 0 Å². The van der Waals surface area contributed by atoms with E-state index in [0.717, 1.165) is 11.1 Å². The molecule has 5 nitrogen and oxygen atoms in total. The van der Waals surface area contributed by atoms with E-state index >= 15 is 0 Å². The molecule has 0 bridgehead atoms. The van der Waals surface area contributed by atoms with Gasteiger partial charge in [0.05, 0.1) is 0 Å². The number of amides is 1. The van der Waals surface area contributed by atoms with Gasteiger partial charge >= 0.3 is 0 Å². The second kappa shape index (κ2) is 12.9. The molecule has 5 aromatic rings. The molecule has 5 rings (SSSR count). The third-order valence-corrected chi connectivity index (χ3v) is 7.05. The van der Waals surface area contributed by atoms with Crippen LogP contribution in [0.15, 0.2) is 115 Å². The van der Waals surface area contributed by atoms with Gasteiger partial charge in [0, 0.05) is 21.8 Å². The second-order valence-electron chi connectivity index (χ2n) is 9.47. The summed E-state index contributed by atoms with van der Waals surface area (Å²) < 4.78 is 11.9. The Bertz CT molecular complexity index is 1750. The molecule has 0 unspecified atom stereocenters. The van der Waals surface area contributed by atoms with Gasteiger partial charge in [-0.15, -0.1) is 0 Å². The van der Waals surface area contributed by atoms with E-state index < -0.39 is 5.91 Å². The topological polar surface area (TPSA) is 71.3 Å². The molecule has 0 saturated heterocycles. The predicted octanol–water partition coefficient (Wildman–Crippen LogP) is 8.51. The largest absolute Gasteiger partial charge is 0.489 e. The minimum absolute atomic E-state index is 0.0101. The highest BCUT2D eigenvalue weighted by molar-refractivity contribution is 6.31. The summed E-state index contributed by atoms with van der Waals surface area (Å²) in [5.74, 6) is 0.843. The number of anilines is 1. The van der Waals surface area contributed by atoms with Crippen LogP contribution in [-0.2, 0) is 18.0 Å². The molecule has 202 valence electrons. The molecule has 0 radical (unpaired) electrons. The lowest BCUT2D eigenvalue weighted by atomic mass is 10.0. The van der Waals surface area contributed by atoms with E-state index in [4.69, 9.17) is 21.1 Å². The quantitative estimate of drug-likeness (QED) is 0.145. The average Bonchev–Trinajstić information content (AvgIpc) is 3.00. The van der Waals surface area contributed by atoms with Crippen LogP contribution in [0.1, 0.15) is 22.3 Å². The first-order valence-electron chi connectivity index (χ1n) is 13.1. The van der Waals surface area contributed by atoms with Gasteiger partial charge in [-0.2, -0.15) is 5.26 Å². The number of benzene rings is 5. The fourth-order valence-electron chi connectivity index (χ4n) is 4.38. The summed E-state index contributed by atoms with van der Waals surface area (Å²) in [4.78, 5) is 12.8. The van der Waals surface area contributed by atoms with Crippen LogP contribution in [0.5, 0.6) is 11.5 Å². The Kier molecular flexibility index (Phi) is 8.64. The van der Waals surface area contributed by atoms with Crippen molar-refractivity contribution in [1.29, 1.82) is 5.26 Å². The van der Waals surface area contributed by atoms with Crippen molar-refractivity contribution in [3.05, 3.63) is 142 Å². The molecule has 0 saturated carbocycles. The maximum absolute atomic E-state index is 12.8. The molecule has 0 fully saturated rings. The van der Waals surface area contributed by atoms with E-state index in [1.807, 2.05) is 66.7 Å². The van der Waals surface area contributed by atoms with Crippen molar-refractivity contribution in [3.63, 3.8) is 0 Å². The van der Waals surface area contributed by atoms with Gasteiger partial charge < -0.3 is 14.8 Å². The number of carbonyl (C=O) groups excluding carboxylic acids is 1. The van der Waals surface area contributed by atoms with E-state index in [1.54, 1.807) is 30.3 Å². The molecule has 1 N–H and O–H groups in total. The van der Waals surface area contributed by atoms with Crippen molar-refractivity contribution >= 4 is 40.0 Å². The lowest BCUT2D eigenvalue weighted by Gasteiger charge is -2.12. The summed E-state index contributed by atoms with van der Waals surface area (Å²) in [6.07, 6.45) is 1.55. The summed E-state index contributed by atoms with van der Waals surface area (Å²) in [6.45, 7) is 2.86. The maximum atomic E-state index is 12.8. The molecular weight excluding hydrogens is 532 g/mol. The van der Waals surface area contributed by atoms with Crippen LogP contribution in [0, 0.1) is 18.3 Å². The number of nitrogens with zero attached hydrogens (tertiary/aromatic N) is 1. The molecule has 6 heteroatoms. The zero-order valence-corrected chi connectivity index (χ0v) is 23.2. The lowest BCUT2D eigenvalue weighted by molar-refractivity contribution is -0.112. The summed E-state index contributed by atoms with van der Waals surface area (Å²) in [7, 11) is 0. The molecule has 5 aromatic carbocycles. The van der Waals surface area contributed by atoms with Crippen LogP contribution in [0.4, 0.5) is 5.69 Å². The third-order valence-electron chi connectivity index (χ3n) is 6.68. The van der Waals surface area contributed by atoms with Crippen LogP contribution < -0.4 is 14.8 Å². The molecule has 41 heavy (non-hydrogen) atoms. The molecule has 1 amide bonds. The zero-order valence-electron chi connectivity index (χ0n) is 22.4. The van der Waals surface area contributed by atoms with E-state index in [-0.39, 0.29) is 5.57 Å². The smallest absolute Gasteiger partial charge is 0.266 e. The highest BCUT2D eigenvalue weighted by atomic mass is 35.5. The van der Waals surface area contributed by atoms with Gasteiger partial charge in [-0.25, -0.2) is 0 Å².